The standard InChI is InChI=1S/C10H16N2O2S/c1-3-5-8(13)6-10-11-9(12-14-10)7-15-4-2/h3-7H2,1-2H3. The van der Waals surface area contributed by atoms with Crippen molar-refractivity contribution in [3.05, 3.63) is 11.7 Å². The Kier molecular flexibility index (Phi) is 5.39. The molecule has 0 N–H and O–H groups in total. The van der Waals surface area contributed by atoms with E-state index in [-0.39, 0.29) is 12.2 Å². The molecule has 0 atom stereocenters. The highest BCUT2D eigenvalue weighted by atomic mass is 32.2. The summed E-state index contributed by atoms with van der Waals surface area (Å²) in [4.78, 5) is 15.5. The molecule has 1 rings (SSSR count). The van der Waals surface area contributed by atoms with Crippen molar-refractivity contribution in [2.24, 2.45) is 0 Å². The highest BCUT2D eigenvalue weighted by molar-refractivity contribution is 7.98. The Bertz CT molecular complexity index is 312. The molecule has 0 spiro atoms. The Morgan fingerprint density at radius 3 is 2.93 bits per heavy atom. The summed E-state index contributed by atoms with van der Waals surface area (Å²) in [5.41, 5.74) is 0. The number of carbonyl (C=O) groups is 1. The van der Waals surface area contributed by atoms with Crippen molar-refractivity contribution in [2.45, 2.75) is 38.9 Å². The van der Waals surface area contributed by atoms with Gasteiger partial charge in [0.1, 0.15) is 5.78 Å². The number of Topliss-reactive ketones (excluding diaryl/α,β-unsaturated/α-hetero) is 1. The third kappa shape index (κ3) is 4.46. The third-order valence-corrected chi connectivity index (χ3v) is 2.69. The minimum atomic E-state index is 0.163. The fourth-order valence-electron chi connectivity index (χ4n) is 1.15. The number of carbonyl (C=O) groups excluding carboxylic acids is 1. The summed E-state index contributed by atoms with van der Waals surface area (Å²) >= 11 is 1.73. The molecule has 1 aromatic rings. The number of nitrogens with zero attached hydrogens (tertiary/aromatic N) is 2. The molecule has 0 saturated carbocycles. The zero-order valence-electron chi connectivity index (χ0n) is 9.15. The van der Waals surface area contributed by atoms with Crippen LogP contribution in [0, 0.1) is 0 Å². The van der Waals surface area contributed by atoms with E-state index in [1.165, 1.54) is 0 Å². The largest absolute Gasteiger partial charge is 0.339 e. The van der Waals surface area contributed by atoms with Gasteiger partial charge in [0.2, 0.25) is 5.89 Å². The molecule has 0 aliphatic rings. The summed E-state index contributed by atoms with van der Waals surface area (Å²) in [6.45, 7) is 4.06. The number of hydrogen-bond acceptors (Lipinski definition) is 5. The van der Waals surface area contributed by atoms with Crippen molar-refractivity contribution >= 4 is 17.5 Å². The van der Waals surface area contributed by atoms with Gasteiger partial charge in [-0.3, -0.25) is 4.79 Å². The Hall–Kier alpha value is -0.840. The Balaban J connectivity index is 2.42. The zero-order valence-corrected chi connectivity index (χ0v) is 9.97. The normalized spacial score (nSPS) is 10.5. The van der Waals surface area contributed by atoms with Crippen molar-refractivity contribution in [1.29, 1.82) is 0 Å². The van der Waals surface area contributed by atoms with Crippen molar-refractivity contribution in [3.8, 4) is 0 Å². The van der Waals surface area contributed by atoms with Crippen LogP contribution in [-0.2, 0) is 17.0 Å². The maximum atomic E-state index is 11.3. The Morgan fingerprint density at radius 2 is 2.27 bits per heavy atom. The summed E-state index contributed by atoms with van der Waals surface area (Å²) in [6.07, 6.45) is 1.73. The summed E-state index contributed by atoms with van der Waals surface area (Å²) in [6, 6.07) is 0. The molecular formula is C10H16N2O2S. The first-order valence-electron chi connectivity index (χ1n) is 5.17. The van der Waals surface area contributed by atoms with E-state index < -0.39 is 0 Å². The average molecular weight is 228 g/mol. The van der Waals surface area contributed by atoms with Crippen LogP contribution in [0.4, 0.5) is 0 Å². The van der Waals surface area contributed by atoms with E-state index in [1.54, 1.807) is 11.8 Å². The number of thioether (sulfide) groups is 1. The Labute approximate surface area is 93.8 Å². The summed E-state index contributed by atoms with van der Waals surface area (Å²) in [5, 5.41) is 3.81. The van der Waals surface area contributed by atoms with Gasteiger partial charge in [-0.05, 0) is 12.2 Å². The molecule has 84 valence electrons. The lowest BCUT2D eigenvalue weighted by Gasteiger charge is -1.92. The van der Waals surface area contributed by atoms with Crippen LogP contribution >= 0.6 is 11.8 Å². The lowest BCUT2D eigenvalue weighted by atomic mass is 10.2. The minimum Gasteiger partial charge on any atom is -0.339 e. The van der Waals surface area contributed by atoms with Crippen LogP contribution in [0.15, 0.2) is 4.52 Å². The SMILES string of the molecule is CCCC(=O)Cc1nc(CSCC)no1. The average Bonchev–Trinajstić information content (AvgIpc) is 2.63. The molecule has 0 fully saturated rings. The monoisotopic (exact) mass is 228 g/mol. The van der Waals surface area contributed by atoms with Crippen LogP contribution in [0.25, 0.3) is 0 Å². The van der Waals surface area contributed by atoms with Crippen molar-refractivity contribution < 1.29 is 9.32 Å². The molecule has 0 saturated heterocycles. The summed E-state index contributed by atoms with van der Waals surface area (Å²) < 4.78 is 4.98. The second-order valence-electron chi connectivity index (χ2n) is 3.21. The first-order valence-corrected chi connectivity index (χ1v) is 6.32. The first-order chi connectivity index (χ1) is 7.26. The quantitative estimate of drug-likeness (QED) is 0.716. The van der Waals surface area contributed by atoms with E-state index in [2.05, 4.69) is 17.1 Å². The van der Waals surface area contributed by atoms with E-state index >= 15 is 0 Å². The predicted octanol–water partition coefficient (Wildman–Crippen LogP) is 2.23. The van der Waals surface area contributed by atoms with Gasteiger partial charge in [-0.2, -0.15) is 16.7 Å². The van der Waals surface area contributed by atoms with Crippen LogP contribution in [0.5, 0.6) is 0 Å². The van der Waals surface area contributed by atoms with E-state index in [0.29, 0.717) is 18.1 Å². The van der Waals surface area contributed by atoms with Crippen molar-refractivity contribution in [2.75, 3.05) is 5.75 Å². The molecule has 0 aliphatic carbocycles. The zero-order chi connectivity index (χ0) is 11.1. The van der Waals surface area contributed by atoms with Gasteiger partial charge in [0.25, 0.3) is 0 Å². The maximum Gasteiger partial charge on any atom is 0.234 e. The lowest BCUT2D eigenvalue weighted by molar-refractivity contribution is -0.118. The van der Waals surface area contributed by atoms with Gasteiger partial charge in [0.05, 0.1) is 12.2 Å². The molecule has 15 heavy (non-hydrogen) atoms. The molecule has 0 radical (unpaired) electrons. The van der Waals surface area contributed by atoms with Gasteiger partial charge < -0.3 is 4.52 Å². The lowest BCUT2D eigenvalue weighted by Crippen LogP contribution is -2.02. The molecule has 0 unspecified atom stereocenters. The topological polar surface area (TPSA) is 56.0 Å². The summed E-state index contributed by atoms with van der Waals surface area (Å²) in [5.74, 6) is 3.07. The second-order valence-corrected chi connectivity index (χ2v) is 4.48. The first kappa shape index (κ1) is 12.2. The smallest absolute Gasteiger partial charge is 0.234 e. The summed E-state index contributed by atoms with van der Waals surface area (Å²) in [7, 11) is 0. The second kappa shape index (κ2) is 6.61. The highest BCUT2D eigenvalue weighted by Gasteiger charge is 2.10. The highest BCUT2D eigenvalue weighted by Crippen LogP contribution is 2.09. The van der Waals surface area contributed by atoms with Crippen LogP contribution in [0.3, 0.4) is 0 Å². The molecular weight excluding hydrogens is 212 g/mol. The minimum absolute atomic E-state index is 0.163. The molecule has 0 bridgehead atoms. The van der Waals surface area contributed by atoms with E-state index in [4.69, 9.17) is 4.52 Å². The fraction of sp³-hybridized carbons (Fsp3) is 0.700. The van der Waals surface area contributed by atoms with Gasteiger partial charge in [-0.25, -0.2) is 0 Å². The van der Waals surface area contributed by atoms with Gasteiger partial charge in [0, 0.05) is 6.42 Å². The number of ketones is 1. The van der Waals surface area contributed by atoms with Crippen LogP contribution in [0.2, 0.25) is 0 Å². The predicted molar refractivity (Wildman–Crippen MR) is 59.8 cm³/mol. The van der Waals surface area contributed by atoms with Gasteiger partial charge in [0.15, 0.2) is 5.82 Å². The number of aromatic nitrogens is 2. The van der Waals surface area contributed by atoms with Gasteiger partial charge in [-0.15, -0.1) is 0 Å². The van der Waals surface area contributed by atoms with E-state index in [0.717, 1.165) is 17.9 Å². The molecule has 0 aromatic carbocycles. The molecule has 1 aromatic heterocycles. The van der Waals surface area contributed by atoms with E-state index in [9.17, 15) is 4.79 Å². The number of rotatable bonds is 7. The molecule has 4 nitrogen and oxygen atoms in total. The molecule has 1 heterocycles. The van der Waals surface area contributed by atoms with Crippen LogP contribution < -0.4 is 0 Å². The van der Waals surface area contributed by atoms with Gasteiger partial charge >= 0.3 is 0 Å². The fourth-order valence-corrected chi connectivity index (χ4v) is 1.65. The van der Waals surface area contributed by atoms with Crippen LogP contribution in [0.1, 0.15) is 38.4 Å². The van der Waals surface area contributed by atoms with E-state index in [1.807, 2.05) is 6.92 Å². The van der Waals surface area contributed by atoms with Gasteiger partial charge in [-0.1, -0.05) is 19.0 Å². The Morgan fingerprint density at radius 1 is 1.47 bits per heavy atom. The van der Waals surface area contributed by atoms with Crippen molar-refractivity contribution in [1.82, 2.24) is 10.1 Å². The molecule has 0 aliphatic heterocycles. The van der Waals surface area contributed by atoms with Crippen molar-refractivity contribution in [3.63, 3.8) is 0 Å². The maximum absolute atomic E-state index is 11.3. The van der Waals surface area contributed by atoms with Crippen LogP contribution in [-0.4, -0.2) is 21.7 Å². The number of hydrogen-bond donors (Lipinski definition) is 0. The third-order valence-electron chi connectivity index (χ3n) is 1.82. The molecule has 5 heteroatoms. The molecule has 0 amide bonds.